The number of fused-ring (bicyclic) bond motifs is 2. The number of hydrogen-bond acceptors (Lipinski definition) is 8. The normalized spacial score (nSPS) is 12.1. The van der Waals surface area contributed by atoms with Gasteiger partial charge in [0.15, 0.2) is 5.13 Å². The second kappa shape index (κ2) is 9.88. The first-order valence-electron chi connectivity index (χ1n) is 11.2. The number of esters is 1. The quantitative estimate of drug-likeness (QED) is 0.310. The van der Waals surface area contributed by atoms with Gasteiger partial charge in [-0.3, -0.25) is 9.59 Å². The van der Waals surface area contributed by atoms with E-state index in [1.54, 1.807) is 50.6 Å². The third-order valence-electron chi connectivity index (χ3n) is 4.99. The Labute approximate surface area is 213 Å². The molecule has 0 unspecified atom stereocenters. The molecule has 4 aromatic rings. The zero-order chi connectivity index (χ0) is 27.0. The number of halogens is 3. The summed E-state index contributed by atoms with van der Waals surface area (Å²) in [6.45, 7) is 5.45. The van der Waals surface area contributed by atoms with Gasteiger partial charge in [0.25, 0.3) is 5.91 Å². The van der Waals surface area contributed by atoms with Crippen LogP contribution in [0.2, 0.25) is 0 Å². The molecule has 2 N–H and O–H groups in total. The van der Waals surface area contributed by atoms with Gasteiger partial charge in [0.2, 0.25) is 5.95 Å². The van der Waals surface area contributed by atoms with Crippen molar-refractivity contribution in [1.29, 1.82) is 0 Å². The molecule has 0 saturated heterocycles. The fourth-order valence-corrected chi connectivity index (χ4v) is 4.36. The second-order valence-corrected chi connectivity index (χ2v) is 10.1. The third-order valence-corrected chi connectivity index (χ3v) is 5.92. The molecule has 13 heteroatoms. The Kier molecular flexibility index (Phi) is 7.00. The summed E-state index contributed by atoms with van der Waals surface area (Å²) in [5, 5.41) is 6.20. The van der Waals surface area contributed by atoms with Gasteiger partial charge in [-0.1, -0.05) is 11.3 Å². The number of hydrogen-bond donors (Lipinski definition) is 2. The fraction of sp³-hybridized carbons (Fsp3) is 0.333. The van der Waals surface area contributed by atoms with Crippen molar-refractivity contribution >= 4 is 55.5 Å². The van der Waals surface area contributed by atoms with Crippen LogP contribution in [0.15, 0.2) is 36.4 Å². The third kappa shape index (κ3) is 6.67. The highest BCUT2D eigenvalue weighted by atomic mass is 32.1. The van der Waals surface area contributed by atoms with Gasteiger partial charge in [0, 0.05) is 25.2 Å². The Morgan fingerprint density at radius 3 is 2.51 bits per heavy atom. The first-order chi connectivity index (χ1) is 17.3. The molecule has 2 aromatic carbocycles. The zero-order valence-electron chi connectivity index (χ0n) is 20.4. The maximum atomic E-state index is 12.5. The van der Waals surface area contributed by atoms with Gasteiger partial charge >= 0.3 is 12.3 Å². The molecular weight excluding hydrogens is 511 g/mol. The number of nitrogens with zero attached hydrogens (tertiary/aromatic N) is 3. The van der Waals surface area contributed by atoms with Crippen LogP contribution >= 0.6 is 11.3 Å². The van der Waals surface area contributed by atoms with Crippen LogP contribution in [0.1, 0.15) is 37.6 Å². The van der Waals surface area contributed by atoms with Crippen LogP contribution in [0.3, 0.4) is 0 Å². The van der Waals surface area contributed by atoms with Crippen LogP contribution < -0.4 is 15.4 Å². The number of aromatic nitrogens is 3. The number of carbonyl (C=O) groups is 2. The van der Waals surface area contributed by atoms with Crippen LogP contribution in [0.25, 0.3) is 21.3 Å². The SMILES string of the molecule is Cn1c(Nc2nc3ccc(OC(F)(F)F)cc3s2)nc2cc(C(=O)NCCC(=O)OC(C)(C)C)ccc21. The topological polar surface area (TPSA) is 107 Å². The number of nitrogens with one attached hydrogen (secondary N) is 2. The number of rotatable bonds is 7. The van der Waals surface area contributed by atoms with Crippen molar-refractivity contribution in [2.24, 2.45) is 7.05 Å². The Balaban J connectivity index is 1.45. The average Bonchev–Trinajstić information content (AvgIpc) is 3.30. The number of imidazole rings is 1. The number of thiazole rings is 1. The number of aryl methyl sites for hydroxylation is 1. The van der Waals surface area contributed by atoms with Gasteiger partial charge in [0.05, 0.1) is 27.7 Å². The van der Waals surface area contributed by atoms with E-state index in [2.05, 4.69) is 25.3 Å². The first-order valence-corrected chi connectivity index (χ1v) is 12.0. The highest BCUT2D eigenvalue weighted by molar-refractivity contribution is 7.22. The predicted octanol–water partition coefficient (Wildman–Crippen LogP) is 5.29. The van der Waals surface area contributed by atoms with Crippen molar-refractivity contribution < 1.29 is 32.2 Å². The van der Waals surface area contributed by atoms with Crippen LogP contribution in [0.4, 0.5) is 24.3 Å². The molecule has 0 fully saturated rings. The van der Waals surface area contributed by atoms with Crippen molar-refractivity contribution in [2.45, 2.75) is 39.2 Å². The highest BCUT2D eigenvalue weighted by Gasteiger charge is 2.31. The van der Waals surface area contributed by atoms with E-state index < -0.39 is 17.9 Å². The minimum atomic E-state index is -4.78. The molecule has 0 aliphatic carbocycles. The van der Waals surface area contributed by atoms with E-state index in [0.29, 0.717) is 32.4 Å². The molecular formula is C24H24F3N5O4S. The highest BCUT2D eigenvalue weighted by Crippen LogP contribution is 2.33. The van der Waals surface area contributed by atoms with Crippen molar-refractivity contribution in [2.75, 3.05) is 11.9 Å². The van der Waals surface area contributed by atoms with Crippen molar-refractivity contribution in [3.63, 3.8) is 0 Å². The predicted molar refractivity (Wildman–Crippen MR) is 133 cm³/mol. The largest absolute Gasteiger partial charge is 0.573 e. The molecule has 196 valence electrons. The maximum Gasteiger partial charge on any atom is 0.573 e. The Morgan fingerprint density at radius 1 is 1.05 bits per heavy atom. The maximum absolute atomic E-state index is 12.5. The number of alkyl halides is 3. The molecule has 2 aromatic heterocycles. The molecule has 2 heterocycles. The average molecular weight is 536 g/mol. The summed E-state index contributed by atoms with van der Waals surface area (Å²) in [5.41, 5.74) is 1.58. The number of carbonyl (C=O) groups excluding carboxylic acids is 2. The number of amides is 1. The first kappa shape index (κ1) is 26.2. The number of ether oxygens (including phenoxy) is 2. The summed E-state index contributed by atoms with van der Waals surface area (Å²) in [6.07, 6.45) is -4.73. The summed E-state index contributed by atoms with van der Waals surface area (Å²) in [7, 11) is 1.78. The molecule has 9 nitrogen and oxygen atoms in total. The molecule has 0 spiro atoms. The summed E-state index contributed by atoms with van der Waals surface area (Å²) in [6, 6.07) is 8.94. The number of anilines is 2. The monoisotopic (exact) mass is 535 g/mol. The molecule has 0 saturated carbocycles. The van der Waals surface area contributed by atoms with E-state index in [1.165, 1.54) is 18.2 Å². The van der Waals surface area contributed by atoms with Crippen molar-refractivity contribution in [1.82, 2.24) is 19.9 Å². The van der Waals surface area contributed by atoms with Gasteiger partial charge < -0.3 is 24.7 Å². The van der Waals surface area contributed by atoms with Crippen LogP contribution in [-0.4, -0.2) is 44.9 Å². The molecule has 4 rings (SSSR count). The Morgan fingerprint density at radius 2 is 1.81 bits per heavy atom. The minimum absolute atomic E-state index is 0.0505. The summed E-state index contributed by atoms with van der Waals surface area (Å²) < 4.78 is 49.0. The zero-order valence-corrected chi connectivity index (χ0v) is 21.2. The molecule has 0 aliphatic rings. The van der Waals surface area contributed by atoms with E-state index in [0.717, 1.165) is 16.9 Å². The molecule has 0 aliphatic heterocycles. The van der Waals surface area contributed by atoms with E-state index in [1.807, 2.05) is 0 Å². The molecule has 0 radical (unpaired) electrons. The lowest BCUT2D eigenvalue weighted by atomic mass is 10.2. The fourth-order valence-electron chi connectivity index (χ4n) is 3.48. The standard InChI is InChI=1S/C24H24F3N5O4S/c1-23(2,3)36-19(33)9-10-28-20(34)13-5-8-17-16(11-13)29-21(32(17)4)31-22-30-15-7-6-14(12-18(15)37-22)35-24(25,26)27/h5-8,11-12H,9-10H2,1-4H3,(H,28,34)(H,29,30,31). The van der Waals surface area contributed by atoms with E-state index in [4.69, 9.17) is 4.74 Å². The van der Waals surface area contributed by atoms with E-state index >= 15 is 0 Å². The van der Waals surface area contributed by atoms with Crippen LogP contribution in [-0.2, 0) is 16.6 Å². The second-order valence-electron chi connectivity index (χ2n) is 9.11. The molecule has 0 bridgehead atoms. The lowest BCUT2D eigenvalue weighted by molar-refractivity contribution is -0.274. The summed E-state index contributed by atoms with van der Waals surface area (Å²) >= 11 is 1.15. The van der Waals surface area contributed by atoms with Crippen molar-refractivity contribution in [3.8, 4) is 5.75 Å². The van der Waals surface area contributed by atoms with Crippen LogP contribution in [0, 0.1) is 0 Å². The Bertz CT molecular complexity index is 1470. The van der Waals surface area contributed by atoms with E-state index in [9.17, 15) is 22.8 Å². The molecule has 37 heavy (non-hydrogen) atoms. The van der Waals surface area contributed by atoms with Gasteiger partial charge in [0.1, 0.15) is 11.4 Å². The van der Waals surface area contributed by atoms with Gasteiger partial charge in [-0.05, 0) is 51.1 Å². The van der Waals surface area contributed by atoms with E-state index in [-0.39, 0.29) is 24.6 Å². The molecule has 1 amide bonds. The van der Waals surface area contributed by atoms with Crippen molar-refractivity contribution in [3.05, 3.63) is 42.0 Å². The summed E-state index contributed by atoms with van der Waals surface area (Å²) in [4.78, 5) is 33.3. The van der Waals surface area contributed by atoms with Crippen LogP contribution in [0.5, 0.6) is 5.75 Å². The van der Waals surface area contributed by atoms with Gasteiger partial charge in [-0.25, -0.2) is 9.97 Å². The lowest BCUT2D eigenvalue weighted by Gasteiger charge is -2.19. The Hall–Kier alpha value is -3.87. The van der Waals surface area contributed by atoms with Gasteiger partial charge in [-0.2, -0.15) is 0 Å². The smallest absolute Gasteiger partial charge is 0.460 e. The van der Waals surface area contributed by atoms with Gasteiger partial charge in [-0.15, -0.1) is 13.2 Å². The lowest BCUT2D eigenvalue weighted by Crippen LogP contribution is -2.29. The minimum Gasteiger partial charge on any atom is -0.460 e. The number of benzene rings is 2. The summed E-state index contributed by atoms with van der Waals surface area (Å²) in [5.74, 6) is -0.644. The molecule has 0 atom stereocenters.